The van der Waals surface area contributed by atoms with Crippen molar-refractivity contribution in [2.24, 2.45) is 0 Å². The summed E-state index contributed by atoms with van der Waals surface area (Å²) in [7, 11) is 0. The summed E-state index contributed by atoms with van der Waals surface area (Å²) in [6, 6.07) is 2.84. The lowest BCUT2D eigenvalue weighted by Gasteiger charge is -2.18. The van der Waals surface area contributed by atoms with E-state index in [-0.39, 0.29) is 19.0 Å². The lowest BCUT2D eigenvalue weighted by Crippen LogP contribution is -2.32. The standard InChI is InChI=1S/C10H9Cl2F2NO5/c11-9(12)10(13,14)20-6-1-2-8(19-4-3-16)7(5-6)15(17)18/h1-2,5,9,16H,3-4H2. The van der Waals surface area contributed by atoms with Gasteiger partial charge in [-0.1, -0.05) is 23.2 Å². The number of hydrogen-bond acceptors (Lipinski definition) is 5. The highest BCUT2D eigenvalue weighted by molar-refractivity contribution is 6.44. The number of nitrogens with zero attached hydrogens (tertiary/aromatic N) is 1. The molecule has 0 aliphatic rings. The molecule has 0 radical (unpaired) electrons. The first-order valence-electron chi connectivity index (χ1n) is 5.15. The molecule has 0 amide bonds. The monoisotopic (exact) mass is 331 g/mol. The molecular formula is C10H9Cl2F2NO5. The predicted octanol–water partition coefficient (Wildman–Crippen LogP) is 2.74. The Kier molecular flexibility index (Phi) is 5.73. The Hall–Kier alpha value is -1.38. The van der Waals surface area contributed by atoms with E-state index in [4.69, 9.17) is 33.0 Å². The van der Waals surface area contributed by atoms with Crippen molar-refractivity contribution >= 4 is 28.9 Å². The van der Waals surface area contributed by atoms with Gasteiger partial charge in [0.15, 0.2) is 5.75 Å². The maximum absolute atomic E-state index is 13.1. The van der Waals surface area contributed by atoms with Crippen molar-refractivity contribution < 1.29 is 28.3 Å². The van der Waals surface area contributed by atoms with Gasteiger partial charge in [0.05, 0.1) is 17.6 Å². The van der Waals surface area contributed by atoms with Crippen LogP contribution >= 0.6 is 23.2 Å². The minimum Gasteiger partial charge on any atom is -0.484 e. The summed E-state index contributed by atoms with van der Waals surface area (Å²) in [5.74, 6) is -0.683. The molecule has 0 aromatic heterocycles. The fourth-order valence-electron chi connectivity index (χ4n) is 1.18. The number of aliphatic hydroxyl groups is 1. The highest BCUT2D eigenvalue weighted by atomic mass is 35.5. The number of ether oxygens (including phenoxy) is 2. The largest absolute Gasteiger partial charge is 0.484 e. The predicted molar refractivity (Wildman–Crippen MR) is 66.7 cm³/mol. The summed E-state index contributed by atoms with van der Waals surface area (Å²) < 4.78 is 35.4. The van der Waals surface area contributed by atoms with Crippen LogP contribution in [-0.4, -0.2) is 34.2 Å². The summed E-state index contributed by atoms with van der Waals surface area (Å²) in [6.45, 7) is -0.531. The van der Waals surface area contributed by atoms with Gasteiger partial charge in [0, 0.05) is 0 Å². The van der Waals surface area contributed by atoms with E-state index in [1.165, 1.54) is 0 Å². The van der Waals surface area contributed by atoms with Gasteiger partial charge in [-0.15, -0.1) is 0 Å². The SMILES string of the molecule is O=[N+]([O-])c1cc(OC(F)(F)C(Cl)Cl)ccc1OCCO. The number of alkyl halides is 4. The molecule has 6 nitrogen and oxygen atoms in total. The van der Waals surface area contributed by atoms with Crippen LogP contribution in [0, 0.1) is 10.1 Å². The summed E-state index contributed by atoms with van der Waals surface area (Å²) >= 11 is 10.1. The van der Waals surface area contributed by atoms with E-state index < -0.39 is 27.3 Å². The van der Waals surface area contributed by atoms with Crippen molar-refractivity contribution in [1.29, 1.82) is 0 Å². The van der Waals surface area contributed by atoms with Gasteiger partial charge in [-0.2, -0.15) is 8.78 Å². The van der Waals surface area contributed by atoms with Crippen molar-refractivity contribution in [3.63, 3.8) is 0 Å². The number of benzene rings is 1. The zero-order valence-corrected chi connectivity index (χ0v) is 11.3. The number of aliphatic hydroxyl groups excluding tert-OH is 1. The van der Waals surface area contributed by atoms with E-state index in [0.717, 1.165) is 18.2 Å². The van der Waals surface area contributed by atoms with E-state index in [2.05, 4.69) is 4.74 Å². The second kappa shape index (κ2) is 6.87. The molecular weight excluding hydrogens is 323 g/mol. The Morgan fingerprint density at radius 3 is 2.60 bits per heavy atom. The minimum atomic E-state index is -3.90. The Morgan fingerprint density at radius 2 is 2.10 bits per heavy atom. The molecule has 1 N–H and O–H groups in total. The summed E-state index contributed by atoms with van der Waals surface area (Å²) in [5.41, 5.74) is -0.590. The van der Waals surface area contributed by atoms with Gasteiger partial charge >= 0.3 is 11.8 Å². The van der Waals surface area contributed by atoms with Crippen molar-refractivity contribution in [2.75, 3.05) is 13.2 Å². The first kappa shape index (κ1) is 16.7. The van der Waals surface area contributed by atoms with Crippen LogP contribution in [-0.2, 0) is 0 Å². The third-order valence-corrected chi connectivity index (χ3v) is 2.49. The van der Waals surface area contributed by atoms with Gasteiger partial charge in [-0.05, 0) is 12.1 Å². The Balaban J connectivity index is 3.01. The van der Waals surface area contributed by atoms with E-state index in [1.54, 1.807) is 0 Å². The smallest absolute Gasteiger partial charge is 0.428 e. The van der Waals surface area contributed by atoms with Gasteiger partial charge in [0.2, 0.25) is 4.84 Å². The average Bonchev–Trinajstić information content (AvgIpc) is 2.36. The first-order chi connectivity index (χ1) is 9.27. The zero-order valence-electron chi connectivity index (χ0n) is 9.76. The van der Waals surface area contributed by atoms with Gasteiger partial charge in [-0.3, -0.25) is 10.1 Å². The molecule has 112 valence electrons. The Bertz CT molecular complexity index is 487. The topological polar surface area (TPSA) is 81.8 Å². The van der Waals surface area contributed by atoms with Crippen LogP contribution in [0.4, 0.5) is 14.5 Å². The van der Waals surface area contributed by atoms with E-state index in [1.807, 2.05) is 0 Å². The molecule has 1 rings (SSSR count). The second-order valence-electron chi connectivity index (χ2n) is 3.42. The summed E-state index contributed by atoms with van der Waals surface area (Å²) in [4.78, 5) is 7.84. The molecule has 20 heavy (non-hydrogen) atoms. The van der Waals surface area contributed by atoms with Crippen LogP contribution < -0.4 is 9.47 Å². The molecule has 1 aromatic carbocycles. The number of hydrogen-bond donors (Lipinski definition) is 1. The summed E-state index contributed by atoms with van der Waals surface area (Å²) in [5, 5.41) is 19.4. The molecule has 0 atom stereocenters. The van der Waals surface area contributed by atoms with Crippen LogP contribution in [0.1, 0.15) is 0 Å². The van der Waals surface area contributed by atoms with Crippen LogP contribution in [0.2, 0.25) is 0 Å². The maximum atomic E-state index is 13.1. The third kappa shape index (κ3) is 4.32. The van der Waals surface area contributed by atoms with Crippen LogP contribution in [0.25, 0.3) is 0 Å². The molecule has 0 aliphatic carbocycles. The Morgan fingerprint density at radius 1 is 1.45 bits per heavy atom. The van der Waals surface area contributed by atoms with E-state index in [0.29, 0.717) is 0 Å². The number of nitro groups is 1. The van der Waals surface area contributed by atoms with Crippen molar-refractivity contribution in [3.8, 4) is 11.5 Å². The van der Waals surface area contributed by atoms with Crippen LogP contribution in [0.3, 0.4) is 0 Å². The summed E-state index contributed by atoms with van der Waals surface area (Å²) in [6.07, 6.45) is -3.90. The fraction of sp³-hybridized carbons (Fsp3) is 0.400. The lowest BCUT2D eigenvalue weighted by atomic mass is 10.3. The van der Waals surface area contributed by atoms with Crippen LogP contribution in [0.15, 0.2) is 18.2 Å². The molecule has 0 saturated carbocycles. The first-order valence-corrected chi connectivity index (χ1v) is 6.02. The van der Waals surface area contributed by atoms with Gasteiger partial charge in [0.25, 0.3) is 0 Å². The highest BCUT2D eigenvalue weighted by Gasteiger charge is 2.40. The Labute approximate surface area is 122 Å². The normalized spacial score (nSPS) is 11.5. The second-order valence-corrected chi connectivity index (χ2v) is 4.52. The quantitative estimate of drug-likeness (QED) is 0.472. The van der Waals surface area contributed by atoms with Crippen molar-refractivity contribution in [1.82, 2.24) is 0 Å². The average molecular weight is 332 g/mol. The molecule has 1 aromatic rings. The maximum Gasteiger partial charge on any atom is 0.428 e. The van der Waals surface area contributed by atoms with Gasteiger partial charge < -0.3 is 14.6 Å². The van der Waals surface area contributed by atoms with Gasteiger partial charge in [0.1, 0.15) is 12.4 Å². The van der Waals surface area contributed by atoms with E-state index in [9.17, 15) is 18.9 Å². The molecule has 0 fully saturated rings. The van der Waals surface area contributed by atoms with Crippen LogP contribution in [0.5, 0.6) is 11.5 Å². The molecule has 0 heterocycles. The fourth-order valence-corrected chi connectivity index (χ4v) is 1.27. The number of rotatable bonds is 7. The number of halogens is 4. The number of nitro benzene ring substituents is 1. The highest BCUT2D eigenvalue weighted by Crippen LogP contribution is 2.35. The molecule has 0 saturated heterocycles. The zero-order chi connectivity index (χ0) is 15.3. The molecule has 0 unspecified atom stereocenters. The lowest BCUT2D eigenvalue weighted by molar-refractivity contribution is -0.386. The van der Waals surface area contributed by atoms with Crippen molar-refractivity contribution in [3.05, 3.63) is 28.3 Å². The molecule has 0 aliphatic heterocycles. The molecule has 0 spiro atoms. The van der Waals surface area contributed by atoms with Crippen molar-refractivity contribution in [2.45, 2.75) is 10.9 Å². The minimum absolute atomic E-state index is 0.178. The molecule has 10 heteroatoms. The molecule has 0 bridgehead atoms. The third-order valence-electron chi connectivity index (χ3n) is 1.98. The van der Waals surface area contributed by atoms with E-state index >= 15 is 0 Å². The van der Waals surface area contributed by atoms with Gasteiger partial charge in [-0.25, -0.2) is 0 Å².